The summed E-state index contributed by atoms with van der Waals surface area (Å²) in [7, 11) is 3.12. The number of nitrogens with one attached hydrogen (secondary N) is 1. The highest BCUT2D eigenvalue weighted by molar-refractivity contribution is 5.71. The number of para-hydroxylation sites is 1. The van der Waals surface area contributed by atoms with E-state index in [1.54, 1.807) is 38.5 Å². The number of rotatable bonds is 8. The first-order valence-electron chi connectivity index (χ1n) is 8.12. The maximum absolute atomic E-state index is 11.4. The number of hydrogen-bond donors (Lipinski definition) is 1. The van der Waals surface area contributed by atoms with Crippen molar-refractivity contribution in [2.24, 2.45) is 0 Å². The van der Waals surface area contributed by atoms with Crippen molar-refractivity contribution in [1.29, 1.82) is 0 Å². The van der Waals surface area contributed by atoms with E-state index in [1.807, 2.05) is 12.1 Å². The van der Waals surface area contributed by atoms with Gasteiger partial charge in [-0.15, -0.1) is 0 Å². The number of benzene rings is 2. The fourth-order valence-corrected chi connectivity index (χ4v) is 2.53. The molecule has 1 aromatic heterocycles. The number of methoxy groups -OCH3 is 2. The van der Waals surface area contributed by atoms with Crippen LogP contribution in [0.5, 0.6) is 5.75 Å². The summed E-state index contributed by atoms with van der Waals surface area (Å²) in [5.74, 6) is 1.13. The summed E-state index contributed by atoms with van der Waals surface area (Å²) in [4.78, 5) is 15.3. The Morgan fingerprint density at radius 1 is 1.22 bits per heavy atom. The van der Waals surface area contributed by atoms with Crippen molar-refractivity contribution < 1.29 is 18.9 Å². The number of nitro groups is 1. The molecule has 140 valence electrons. The van der Waals surface area contributed by atoms with Crippen molar-refractivity contribution in [2.45, 2.75) is 0 Å². The topological polar surface area (TPSA) is 113 Å². The van der Waals surface area contributed by atoms with Gasteiger partial charge in [-0.1, -0.05) is 17.3 Å². The van der Waals surface area contributed by atoms with Crippen molar-refractivity contribution in [3.05, 3.63) is 52.6 Å². The molecule has 1 N–H and O–H groups in total. The minimum Gasteiger partial charge on any atom is -0.496 e. The van der Waals surface area contributed by atoms with Crippen LogP contribution in [-0.4, -0.2) is 42.4 Å². The second-order valence-corrected chi connectivity index (χ2v) is 5.53. The van der Waals surface area contributed by atoms with E-state index >= 15 is 0 Å². The normalized spacial score (nSPS) is 10.6. The Morgan fingerprint density at radius 3 is 2.78 bits per heavy atom. The molecule has 0 bridgehead atoms. The third kappa shape index (κ3) is 4.04. The van der Waals surface area contributed by atoms with E-state index in [1.165, 1.54) is 6.07 Å². The first-order chi connectivity index (χ1) is 13.1. The third-order valence-corrected chi connectivity index (χ3v) is 3.84. The summed E-state index contributed by atoms with van der Waals surface area (Å²) >= 11 is 0. The van der Waals surface area contributed by atoms with E-state index in [-0.39, 0.29) is 11.6 Å². The molecule has 2 aromatic carbocycles. The highest BCUT2D eigenvalue weighted by atomic mass is 16.6. The standard InChI is InChI=1S/C18H18N4O5/c1-25-10-9-19-14-8-7-12(11-15(14)22(23)24)18-20-17(21-27-18)13-5-3-4-6-16(13)26-2/h3-8,11,19H,9-10H2,1-2H3. The highest BCUT2D eigenvalue weighted by Crippen LogP contribution is 2.32. The molecular formula is C18H18N4O5. The van der Waals surface area contributed by atoms with Gasteiger partial charge in [0.2, 0.25) is 5.82 Å². The van der Waals surface area contributed by atoms with Crippen molar-refractivity contribution in [3.8, 4) is 28.6 Å². The lowest BCUT2D eigenvalue weighted by molar-refractivity contribution is -0.383. The SMILES string of the molecule is COCCNc1ccc(-c2nc(-c3ccccc3OC)no2)cc1[N+](=O)[O-]. The molecule has 0 saturated heterocycles. The maximum Gasteiger partial charge on any atom is 0.293 e. The predicted octanol–water partition coefficient (Wildman–Crippen LogP) is 3.38. The van der Waals surface area contributed by atoms with Gasteiger partial charge < -0.3 is 19.3 Å². The lowest BCUT2D eigenvalue weighted by atomic mass is 10.1. The molecule has 0 saturated carbocycles. The molecule has 0 fully saturated rings. The summed E-state index contributed by atoms with van der Waals surface area (Å²) in [6, 6.07) is 11.9. The summed E-state index contributed by atoms with van der Waals surface area (Å²) in [6.07, 6.45) is 0. The zero-order valence-corrected chi connectivity index (χ0v) is 14.8. The average Bonchev–Trinajstić information content (AvgIpc) is 3.18. The Bertz CT molecular complexity index is 941. The number of nitrogens with zero attached hydrogens (tertiary/aromatic N) is 3. The molecule has 0 radical (unpaired) electrons. The van der Waals surface area contributed by atoms with Crippen LogP contribution in [0.25, 0.3) is 22.8 Å². The van der Waals surface area contributed by atoms with Gasteiger partial charge in [0.05, 0.1) is 24.2 Å². The van der Waals surface area contributed by atoms with Crippen LogP contribution in [0.1, 0.15) is 0 Å². The van der Waals surface area contributed by atoms with Crippen LogP contribution < -0.4 is 10.1 Å². The monoisotopic (exact) mass is 370 g/mol. The van der Waals surface area contributed by atoms with Crippen molar-refractivity contribution in [3.63, 3.8) is 0 Å². The van der Waals surface area contributed by atoms with Gasteiger partial charge in [-0.3, -0.25) is 10.1 Å². The fraction of sp³-hybridized carbons (Fsp3) is 0.222. The third-order valence-electron chi connectivity index (χ3n) is 3.84. The molecule has 0 unspecified atom stereocenters. The van der Waals surface area contributed by atoms with Gasteiger partial charge in [0.1, 0.15) is 11.4 Å². The molecule has 27 heavy (non-hydrogen) atoms. The van der Waals surface area contributed by atoms with Crippen LogP contribution in [0.4, 0.5) is 11.4 Å². The Morgan fingerprint density at radius 2 is 2.04 bits per heavy atom. The van der Waals surface area contributed by atoms with E-state index < -0.39 is 4.92 Å². The van der Waals surface area contributed by atoms with Crippen LogP contribution in [0.15, 0.2) is 47.0 Å². The number of ether oxygens (including phenoxy) is 2. The van der Waals surface area contributed by atoms with Gasteiger partial charge in [0.25, 0.3) is 11.6 Å². The largest absolute Gasteiger partial charge is 0.496 e. The number of aromatic nitrogens is 2. The predicted molar refractivity (Wildman–Crippen MR) is 98.7 cm³/mol. The zero-order chi connectivity index (χ0) is 19.2. The van der Waals surface area contributed by atoms with Crippen LogP contribution in [0, 0.1) is 10.1 Å². The molecule has 9 nitrogen and oxygen atoms in total. The molecule has 0 spiro atoms. The average molecular weight is 370 g/mol. The van der Waals surface area contributed by atoms with E-state index in [0.29, 0.717) is 41.5 Å². The first-order valence-corrected chi connectivity index (χ1v) is 8.12. The van der Waals surface area contributed by atoms with Gasteiger partial charge in [-0.25, -0.2) is 0 Å². The van der Waals surface area contributed by atoms with Crippen LogP contribution in [0.3, 0.4) is 0 Å². The smallest absolute Gasteiger partial charge is 0.293 e. The molecular weight excluding hydrogens is 352 g/mol. The van der Waals surface area contributed by atoms with E-state index in [2.05, 4.69) is 15.5 Å². The molecule has 1 heterocycles. The quantitative estimate of drug-likeness (QED) is 0.365. The van der Waals surface area contributed by atoms with Gasteiger partial charge in [0.15, 0.2) is 0 Å². The summed E-state index contributed by atoms with van der Waals surface area (Å²) in [5, 5.41) is 18.3. The lowest BCUT2D eigenvalue weighted by Crippen LogP contribution is -2.09. The van der Waals surface area contributed by atoms with Gasteiger partial charge in [-0.05, 0) is 24.3 Å². The fourth-order valence-electron chi connectivity index (χ4n) is 2.53. The summed E-state index contributed by atoms with van der Waals surface area (Å²) in [6.45, 7) is 0.889. The Kier molecular flexibility index (Phi) is 5.62. The first kappa shape index (κ1) is 18.3. The number of hydrogen-bond acceptors (Lipinski definition) is 8. The molecule has 9 heteroatoms. The molecule has 0 atom stereocenters. The molecule has 3 aromatic rings. The summed E-state index contributed by atoms with van der Waals surface area (Å²) in [5.41, 5.74) is 1.43. The Balaban J connectivity index is 1.92. The van der Waals surface area contributed by atoms with Gasteiger partial charge >= 0.3 is 0 Å². The van der Waals surface area contributed by atoms with Crippen molar-refractivity contribution >= 4 is 11.4 Å². The summed E-state index contributed by atoms with van der Waals surface area (Å²) < 4.78 is 15.5. The van der Waals surface area contributed by atoms with Gasteiger partial charge in [-0.2, -0.15) is 4.98 Å². The molecule has 0 aliphatic carbocycles. The number of anilines is 1. The van der Waals surface area contributed by atoms with Gasteiger partial charge in [0, 0.05) is 25.3 Å². The molecule has 0 amide bonds. The lowest BCUT2D eigenvalue weighted by Gasteiger charge is -2.07. The Labute approximate surface area is 155 Å². The molecule has 3 rings (SSSR count). The zero-order valence-electron chi connectivity index (χ0n) is 14.8. The molecule has 0 aliphatic rings. The minimum absolute atomic E-state index is 0.0827. The molecule has 0 aliphatic heterocycles. The minimum atomic E-state index is -0.462. The maximum atomic E-state index is 11.4. The second-order valence-electron chi connectivity index (χ2n) is 5.53. The highest BCUT2D eigenvalue weighted by Gasteiger charge is 2.19. The van der Waals surface area contributed by atoms with Crippen LogP contribution in [-0.2, 0) is 4.74 Å². The van der Waals surface area contributed by atoms with E-state index in [4.69, 9.17) is 14.0 Å². The van der Waals surface area contributed by atoms with Crippen molar-refractivity contribution in [2.75, 3.05) is 32.7 Å². The second kappa shape index (κ2) is 8.28. The van der Waals surface area contributed by atoms with E-state index in [9.17, 15) is 10.1 Å². The van der Waals surface area contributed by atoms with Crippen LogP contribution >= 0.6 is 0 Å². The Hall–Kier alpha value is -3.46. The van der Waals surface area contributed by atoms with Crippen LogP contribution in [0.2, 0.25) is 0 Å². The van der Waals surface area contributed by atoms with Crippen molar-refractivity contribution in [1.82, 2.24) is 10.1 Å². The number of nitro benzene ring substituents is 1. The van der Waals surface area contributed by atoms with E-state index in [0.717, 1.165) is 0 Å².